The van der Waals surface area contributed by atoms with E-state index in [1.807, 2.05) is 42.5 Å². The van der Waals surface area contributed by atoms with E-state index in [9.17, 15) is 9.18 Å². The SMILES string of the molecule is O=C(Cc1ccc(-c2ccc(CN3CCOCC3)cc2F)nc1)NCc1ccccc1. The van der Waals surface area contributed by atoms with Crippen molar-refractivity contribution >= 4 is 5.91 Å². The minimum atomic E-state index is -0.286. The summed E-state index contributed by atoms with van der Waals surface area (Å²) in [6, 6.07) is 18.7. The Hall–Kier alpha value is -3.09. The number of morpholine rings is 1. The summed E-state index contributed by atoms with van der Waals surface area (Å²) in [7, 11) is 0. The van der Waals surface area contributed by atoms with Crippen LogP contribution in [0.2, 0.25) is 0 Å². The quantitative estimate of drug-likeness (QED) is 0.636. The van der Waals surface area contributed by atoms with E-state index >= 15 is 0 Å². The Morgan fingerprint density at radius 2 is 1.77 bits per heavy atom. The van der Waals surface area contributed by atoms with E-state index < -0.39 is 0 Å². The summed E-state index contributed by atoms with van der Waals surface area (Å²) >= 11 is 0. The minimum Gasteiger partial charge on any atom is -0.379 e. The largest absolute Gasteiger partial charge is 0.379 e. The molecule has 1 N–H and O–H groups in total. The van der Waals surface area contributed by atoms with Gasteiger partial charge >= 0.3 is 0 Å². The fourth-order valence-electron chi connectivity index (χ4n) is 3.61. The molecule has 2 heterocycles. The zero-order valence-corrected chi connectivity index (χ0v) is 17.4. The monoisotopic (exact) mass is 419 g/mol. The van der Waals surface area contributed by atoms with E-state index in [4.69, 9.17) is 4.74 Å². The van der Waals surface area contributed by atoms with E-state index in [0.29, 0.717) is 24.3 Å². The molecule has 0 radical (unpaired) electrons. The van der Waals surface area contributed by atoms with Gasteiger partial charge in [0.25, 0.3) is 0 Å². The molecule has 0 spiro atoms. The number of hydrogen-bond donors (Lipinski definition) is 1. The van der Waals surface area contributed by atoms with Gasteiger partial charge in [0.15, 0.2) is 0 Å². The number of hydrogen-bond acceptors (Lipinski definition) is 4. The van der Waals surface area contributed by atoms with Crippen molar-refractivity contribution in [2.45, 2.75) is 19.5 Å². The van der Waals surface area contributed by atoms with Gasteiger partial charge in [-0.25, -0.2) is 4.39 Å². The summed E-state index contributed by atoms with van der Waals surface area (Å²) in [6.45, 7) is 4.39. The first-order valence-corrected chi connectivity index (χ1v) is 10.5. The van der Waals surface area contributed by atoms with Crippen molar-refractivity contribution in [1.82, 2.24) is 15.2 Å². The van der Waals surface area contributed by atoms with Gasteiger partial charge in [0.1, 0.15) is 5.82 Å². The first-order valence-electron chi connectivity index (χ1n) is 10.5. The standard InChI is InChI=1S/C25H26FN3O2/c26-23-14-21(18-29-10-12-31-13-11-29)6-8-22(23)24-9-7-20(17-27-24)15-25(30)28-16-19-4-2-1-3-5-19/h1-9,14,17H,10-13,15-16,18H2,(H,28,30). The first-order chi connectivity index (χ1) is 15.2. The van der Waals surface area contributed by atoms with Gasteiger partial charge in [-0.2, -0.15) is 0 Å². The number of pyridine rings is 1. The van der Waals surface area contributed by atoms with Crippen molar-refractivity contribution in [2.75, 3.05) is 26.3 Å². The molecule has 1 saturated heterocycles. The lowest BCUT2D eigenvalue weighted by atomic mass is 10.1. The number of carbonyl (C=O) groups is 1. The van der Waals surface area contributed by atoms with Gasteiger partial charge in [-0.15, -0.1) is 0 Å². The highest BCUT2D eigenvalue weighted by Gasteiger charge is 2.13. The minimum absolute atomic E-state index is 0.0722. The number of nitrogens with one attached hydrogen (secondary N) is 1. The average Bonchev–Trinajstić information content (AvgIpc) is 2.80. The average molecular weight is 420 g/mol. The molecule has 5 nitrogen and oxygen atoms in total. The van der Waals surface area contributed by atoms with Crippen molar-refractivity contribution in [3.63, 3.8) is 0 Å². The van der Waals surface area contributed by atoms with Crippen molar-refractivity contribution in [3.05, 3.63) is 89.4 Å². The molecule has 1 fully saturated rings. The van der Waals surface area contributed by atoms with Crippen molar-refractivity contribution in [2.24, 2.45) is 0 Å². The number of amides is 1. The zero-order chi connectivity index (χ0) is 21.5. The zero-order valence-electron chi connectivity index (χ0n) is 17.4. The smallest absolute Gasteiger partial charge is 0.224 e. The summed E-state index contributed by atoms with van der Waals surface area (Å²) in [5.74, 6) is -0.358. The van der Waals surface area contributed by atoms with Crippen LogP contribution in [0.25, 0.3) is 11.3 Å². The number of ether oxygens (including phenoxy) is 1. The van der Waals surface area contributed by atoms with Crippen LogP contribution in [0.15, 0.2) is 66.9 Å². The van der Waals surface area contributed by atoms with Gasteiger partial charge in [-0.1, -0.05) is 42.5 Å². The van der Waals surface area contributed by atoms with Crippen LogP contribution in [0.1, 0.15) is 16.7 Å². The summed E-state index contributed by atoms with van der Waals surface area (Å²) < 4.78 is 20.1. The van der Waals surface area contributed by atoms with Gasteiger partial charge in [0.05, 0.1) is 25.3 Å². The van der Waals surface area contributed by atoms with Crippen LogP contribution in [0.4, 0.5) is 4.39 Å². The molecular weight excluding hydrogens is 393 g/mol. The number of halogens is 1. The summed E-state index contributed by atoms with van der Waals surface area (Å²) in [5.41, 5.74) is 3.81. The molecule has 1 aliphatic heterocycles. The molecule has 31 heavy (non-hydrogen) atoms. The van der Waals surface area contributed by atoms with E-state index in [2.05, 4.69) is 15.2 Å². The van der Waals surface area contributed by atoms with Crippen molar-refractivity contribution in [3.8, 4) is 11.3 Å². The van der Waals surface area contributed by atoms with Crippen LogP contribution in [0.5, 0.6) is 0 Å². The topological polar surface area (TPSA) is 54.5 Å². The predicted molar refractivity (Wildman–Crippen MR) is 118 cm³/mol. The molecule has 0 atom stereocenters. The number of carbonyl (C=O) groups excluding carboxylic acids is 1. The van der Waals surface area contributed by atoms with Crippen LogP contribution in [-0.4, -0.2) is 42.1 Å². The molecule has 1 aromatic heterocycles. The Bertz CT molecular complexity index is 1000. The maximum absolute atomic E-state index is 14.7. The molecule has 0 unspecified atom stereocenters. The number of benzene rings is 2. The Kier molecular flexibility index (Phi) is 7.02. The van der Waals surface area contributed by atoms with Gasteiger partial charge in [0, 0.05) is 37.9 Å². The van der Waals surface area contributed by atoms with E-state index in [1.165, 1.54) is 0 Å². The Labute approximate surface area is 181 Å². The van der Waals surface area contributed by atoms with Crippen LogP contribution >= 0.6 is 0 Å². The second-order valence-electron chi connectivity index (χ2n) is 7.69. The second-order valence-corrected chi connectivity index (χ2v) is 7.69. The van der Waals surface area contributed by atoms with Crippen LogP contribution in [0.3, 0.4) is 0 Å². The van der Waals surface area contributed by atoms with Gasteiger partial charge in [0.2, 0.25) is 5.91 Å². The Morgan fingerprint density at radius 1 is 1.00 bits per heavy atom. The number of nitrogens with zero attached hydrogens (tertiary/aromatic N) is 2. The van der Waals surface area contributed by atoms with Crippen LogP contribution < -0.4 is 5.32 Å². The van der Waals surface area contributed by atoms with E-state index in [-0.39, 0.29) is 18.1 Å². The molecular formula is C25H26FN3O2. The molecule has 1 amide bonds. The lowest BCUT2D eigenvalue weighted by molar-refractivity contribution is -0.120. The fourth-order valence-corrected chi connectivity index (χ4v) is 3.61. The van der Waals surface area contributed by atoms with Crippen LogP contribution in [-0.2, 0) is 29.0 Å². The second kappa shape index (κ2) is 10.3. The maximum atomic E-state index is 14.7. The highest BCUT2D eigenvalue weighted by Crippen LogP contribution is 2.23. The molecule has 6 heteroatoms. The third kappa shape index (κ3) is 5.96. The molecule has 160 valence electrons. The molecule has 2 aromatic carbocycles. The lowest BCUT2D eigenvalue weighted by Crippen LogP contribution is -2.35. The normalized spacial score (nSPS) is 14.4. The summed E-state index contributed by atoms with van der Waals surface area (Å²) in [6.07, 6.45) is 1.87. The number of rotatable bonds is 7. The Balaban J connectivity index is 1.34. The molecule has 0 saturated carbocycles. The van der Waals surface area contributed by atoms with Crippen molar-refractivity contribution in [1.29, 1.82) is 0 Å². The van der Waals surface area contributed by atoms with Crippen LogP contribution in [0, 0.1) is 5.82 Å². The van der Waals surface area contributed by atoms with Gasteiger partial charge < -0.3 is 10.1 Å². The summed E-state index contributed by atoms with van der Waals surface area (Å²) in [5, 5.41) is 2.90. The molecule has 0 bridgehead atoms. The lowest BCUT2D eigenvalue weighted by Gasteiger charge is -2.26. The summed E-state index contributed by atoms with van der Waals surface area (Å²) in [4.78, 5) is 18.8. The molecule has 4 rings (SSSR count). The highest BCUT2D eigenvalue weighted by atomic mass is 19.1. The molecule has 1 aliphatic rings. The third-order valence-electron chi connectivity index (χ3n) is 5.34. The van der Waals surface area contributed by atoms with Gasteiger partial charge in [-0.3, -0.25) is 14.7 Å². The van der Waals surface area contributed by atoms with E-state index in [0.717, 1.165) is 43.0 Å². The van der Waals surface area contributed by atoms with Crippen molar-refractivity contribution < 1.29 is 13.9 Å². The maximum Gasteiger partial charge on any atom is 0.224 e. The molecule has 3 aromatic rings. The Morgan fingerprint density at radius 3 is 2.48 bits per heavy atom. The third-order valence-corrected chi connectivity index (χ3v) is 5.34. The first kappa shape index (κ1) is 21.2. The highest BCUT2D eigenvalue weighted by molar-refractivity contribution is 5.78. The number of aromatic nitrogens is 1. The van der Waals surface area contributed by atoms with Gasteiger partial charge in [-0.05, 0) is 34.9 Å². The van der Waals surface area contributed by atoms with E-state index in [1.54, 1.807) is 24.4 Å². The predicted octanol–water partition coefficient (Wildman–Crippen LogP) is 3.58. The molecule has 0 aliphatic carbocycles. The fraction of sp³-hybridized carbons (Fsp3) is 0.280.